The average molecular weight is 88.1 g/mol. The Hall–Kier alpha value is -0.0700. The van der Waals surface area contributed by atoms with Gasteiger partial charge in [0.1, 0.15) is 6.17 Å². The van der Waals surface area contributed by atoms with Gasteiger partial charge in [-0.3, -0.25) is 0 Å². The summed E-state index contributed by atoms with van der Waals surface area (Å²) in [6.45, 7) is 1.95. The van der Waals surface area contributed by atoms with Gasteiger partial charge in [-0.2, -0.15) is 0 Å². The summed E-state index contributed by atoms with van der Waals surface area (Å²) in [4.78, 5) is 0. The Morgan fingerprint density at radius 1 is 1.50 bits per heavy atom. The van der Waals surface area contributed by atoms with Gasteiger partial charge in [-0.25, -0.2) is 4.39 Å². The predicted octanol–water partition coefficient (Wildman–Crippen LogP) is 1.75. The lowest BCUT2D eigenvalue weighted by Crippen LogP contribution is -2.23. The van der Waals surface area contributed by atoms with Crippen LogP contribution in [-0.2, 0) is 0 Å². The van der Waals surface area contributed by atoms with E-state index in [0.717, 1.165) is 12.8 Å². The zero-order valence-electron chi connectivity index (χ0n) is 3.95. The fourth-order valence-corrected chi connectivity index (χ4v) is 0.626. The minimum atomic E-state index is -0.468. The minimum absolute atomic E-state index is 0.366. The summed E-state index contributed by atoms with van der Waals surface area (Å²) >= 11 is 0. The monoisotopic (exact) mass is 88.1 g/mol. The SMILES string of the molecule is C[C@H]1CC[C@@H]1F. The molecule has 0 nitrogen and oxygen atoms in total. The zero-order chi connectivity index (χ0) is 4.57. The van der Waals surface area contributed by atoms with Crippen LogP contribution in [0.25, 0.3) is 0 Å². The van der Waals surface area contributed by atoms with E-state index in [1.807, 2.05) is 6.92 Å². The molecule has 0 spiro atoms. The van der Waals surface area contributed by atoms with Crippen molar-refractivity contribution in [3.8, 4) is 0 Å². The van der Waals surface area contributed by atoms with Crippen molar-refractivity contribution >= 4 is 0 Å². The second-order valence-corrected chi connectivity index (χ2v) is 2.07. The number of hydrogen-bond acceptors (Lipinski definition) is 0. The van der Waals surface area contributed by atoms with Gasteiger partial charge in [-0.05, 0) is 18.8 Å². The largest absolute Gasteiger partial charge is 0.247 e. The van der Waals surface area contributed by atoms with Crippen molar-refractivity contribution in [3.05, 3.63) is 0 Å². The minimum Gasteiger partial charge on any atom is -0.247 e. The third-order valence-electron chi connectivity index (χ3n) is 1.52. The van der Waals surface area contributed by atoms with E-state index >= 15 is 0 Å². The Morgan fingerprint density at radius 2 is 2.00 bits per heavy atom. The summed E-state index contributed by atoms with van der Waals surface area (Å²) in [6, 6.07) is 0. The van der Waals surface area contributed by atoms with E-state index in [-0.39, 0.29) is 0 Å². The molecule has 0 bridgehead atoms. The molecule has 1 saturated carbocycles. The maximum atomic E-state index is 11.9. The molecule has 1 aliphatic rings. The number of hydrogen-bond donors (Lipinski definition) is 0. The number of halogens is 1. The predicted molar refractivity (Wildman–Crippen MR) is 23.3 cm³/mol. The van der Waals surface area contributed by atoms with E-state index in [9.17, 15) is 4.39 Å². The molecule has 0 heterocycles. The first-order valence-electron chi connectivity index (χ1n) is 2.45. The van der Waals surface area contributed by atoms with Gasteiger partial charge in [-0.15, -0.1) is 0 Å². The molecule has 0 aromatic carbocycles. The van der Waals surface area contributed by atoms with Gasteiger partial charge in [0.2, 0.25) is 0 Å². The molecule has 0 N–H and O–H groups in total. The van der Waals surface area contributed by atoms with Crippen molar-refractivity contribution in [1.29, 1.82) is 0 Å². The topological polar surface area (TPSA) is 0 Å². The highest BCUT2D eigenvalue weighted by Crippen LogP contribution is 2.28. The van der Waals surface area contributed by atoms with Gasteiger partial charge in [0.05, 0.1) is 0 Å². The molecule has 2 atom stereocenters. The molecule has 0 aliphatic heterocycles. The van der Waals surface area contributed by atoms with E-state index < -0.39 is 6.17 Å². The lowest BCUT2D eigenvalue weighted by Gasteiger charge is -2.25. The zero-order valence-corrected chi connectivity index (χ0v) is 3.95. The molecule has 6 heavy (non-hydrogen) atoms. The van der Waals surface area contributed by atoms with E-state index in [4.69, 9.17) is 0 Å². The molecular weight excluding hydrogens is 79.1 g/mol. The molecule has 0 unspecified atom stereocenters. The van der Waals surface area contributed by atoms with Gasteiger partial charge in [0.25, 0.3) is 0 Å². The summed E-state index contributed by atoms with van der Waals surface area (Å²) in [7, 11) is 0. The first kappa shape index (κ1) is 4.10. The number of rotatable bonds is 0. The van der Waals surface area contributed by atoms with Crippen LogP contribution in [0.4, 0.5) is 4.39 Å². The summed E-state index contributed by atoms with van der Waals surface area (Å²) in [5, 5.41) is 0. The van der Waals surface area contributed by atoms with Crippen LogP contribution in [0.3, 0.4) is 0 Å². The third-order valence-corrected chi connectivity index (χ3v) is 1.52. The van der Waals surface area contributed by atoms with E-state index in [2.05, 4.69) is 0 Å². The summed E-state index contributed by atoms with van der Waals surface area (Å²) < 4.78 is 11.9. The Balaban J connectivity index is 2.20. The molecule has 36 valence electrons. The van der Waals surface area contributed by atoms with Crippen LogP contribution < -0.4 is 0 Å². The maximum Gasteiger partial charge on any atom is 0.103 e. The molecule has 0 radical (unpaired) electrons. The summed E-state index contributed by atoms with van der Waals surface area (Å²) in [5.41, 5.74) is 0. The molecule has 1 aliphatic carbocycles. The molecule has 0 saturated heterocycles. The van der Waals surface area contributed by atoms with Crippen molar-refractivity contribution in [2.45, 2.75) is 25.9 Å². The van der Waals surface area contributed by atoms with Gasteiger partial charge < -0.3 is 0 Å². The third kappa shape index (κ3) is 0.423. The van der Waals surface area contributed by atoms with Gasteiger partial charge in [-0.1, -0.05) is 6.92 Å². The molecule has 0 aromatic rings. The molecule has 0 aromatic heterocycles. The van der Waals surface area contributed by atoms with Crippen molar-refractivity contribution in [3.63, 3.8) is 0 Å². The average Bonchev–Trinajstić information content (AvgIpc) is 1.61. The lowest BCUT2D eigenvalue weighted by atomic mass is 9.85. The highest BCUT2D eigenvalue weighted by Gasteiger charge is 2.25. The number of alkyl halides is 1. The summed E-state index contributed by atoms with van der Waals surface area (Å²) in [5.74, 6) is 0.366. The van der Waals surface area contributed by atoms with Crippen LogP contribution in [0, 0.1) is 5.92 Å². The van der Waals surface area contributed by atoms with E-state index in [1.54, 1.807) is 0 Å². The van der Waals surface area contributed by atoms with Crippen LogP contribution >= 0.6 is 0 Å². The fourth-order valence-electron chi connectivity index (χ4n) is 0.626. The first-order valence-corrected chi connectivity index (χ1v) is 2.45. The van der Waals surface area contributed by atoms with Crippen LogP contribution in [0.2, 0.25) is 0 Å². The quantitative estimate of drug-likeness (QED) is 0.423. The van der Waals surface area contributed by atoms with Crippen LogP contribution in [0.5, 0.6) is 0 Å². The normalized spacial score (nSPS) is 45.0. The molecule has 1 heteroatoms. The van der Waals surface area contributed by atoms with Gasteiger partial charge in [0, 0.05) is 0 Å². The second-order valence-electron chi connectivity index (χ2n) is 2.07. The van der Waals surface area contributed by atoms with E-state index in [0.29, 0.717) is 5.92 Å². The highest BCUT2D eigenvalue weighted by molar-refractivity contribution is 4.75. The van der Waals surface area contributed by atoms with Crippen molar-refractivity contribution < 1.29 is 4.39 Å². The van der Waals surface area contributed by atoms with Crippen molar-refractivity contribution in [1.82, 2.24) is 0 Å². The first-order chi connectivity index (χ1) is 2.80. The Morgan fingerprint density at radius 3 is 2.00 bits per heavy atom. The molecule has 1 fully saturated rings. The van der Waals surface area contributed by atoms with Crippen LogP contribution in [0.15, 0.2) is 0 Å². The standard InChI is InChI=1S/C5H9F/c1-4-2-3-5(4)6/h4-5H,2-3H2,1H3/t4-,5-/m0/s1. The Kier molecular flexibility index (Phi) is 0.827. The van der Waals surface area contributed by atoms with E-state index in [1.165, 1.54) is 0 Å². The molecule has 1 rings (SSSR count). The Labute approximate surface area is 37.4 Å². The highest BCUT2D eigenvalue weighted by atomic mass is 19.1. The second kappa shape index (κ2) is 1.21. The van der Waals surface area contributed by atoms with Gasteiger partial charge >= 0.3 is 0 Å². The summed E-state index contributed by atoms with van der Waals surface area (Å²) in [6.07, 6.45) is 1.44. The lowest BCUT2D eigenvalue weighted by molar-refractivity contribution is 0.128. The smallest absolute Gasteiger partial charge is 0.103 e. The Bertz CT molecular complexity index is 43.9. The van der Waals surface area contributed by atoms with Crippen LogP contribution in [0.1, 0.15) is 19.8 Å². The van der Waals surface area contributed by atoms with Crippen molar-refractivity contribution in [2.24, 2.45) is 5.92 Å². The molecule has 0 amide bonds. The van der Waals surface area contributed by atoms with Crippen LogP contribution in [-0.4, -0.2) is 6.17 Å². The van der Waals surface area contributed by atoms with Crippen molar-refractivity contribution in [2.75, 3.05) is 0 Å². The fraction of sp³-hybridized carbons (Fsp3) is 1.00. The maximum absolute atomic E-state index is 11.9. The van der Waals surface area contributed by atoms with Gasteiger partial charge in [0.15, 0.2) is 0 Å². The molecular formula is C5H9F.